The van der Waals surface area contributed by atoms with Crippen LogP contribution in [0.1, 0.15) is 58.3 Å². The highest BCUT2D eigenvalue weighted by Gasteiger charge is 2.39. The molecule has 2 amide bonds. The molecule has 0 aromatic heterocycles. The summed E-state index contributed by atoms with van der Waals surface area (Å²) in [6.07, 6.45) is 7.46. The van der Waals surface area contributed by atoms with Crippen molar-refractivity contribution < 1.29 is 9.59 Å². The molecule has 1 unspecified atom stereocenters. The van der Waals surface area contributed by atoms with E-state index < -0.39 is 5.41 Å². The maximum absolute atomic E-state index is 11.7. The number of nitrogens with two attached hydrogens (primary N) is 2. The summed E-state index contributed by atoms with van der Waals surface area (Å²) in [5.41, 5.74) is 10.2. The highest BCUT2D eigenvalue weighted by Crippen LogP contribution is 2.41. The Morgan fingerprint density at radius 2 is 1.76 bits per heavy atom. The van der Waals surface area contributed by atoms with E-state index in [0.29, 0.717) is 25.2 Å². The molecule has 1 rings (SSSR count). The minimum absolute atomic E-state index is 0.228. The van der Waals surface area contributed by atoms with Crippen LogP contribution >= 0.6 is 0 Å². The number of carbonyl (C=O) groups excluding carboxylic acids is 2. The summed E-state index contributed by atoms with van der Waals surface area (Å²) in [6.45, 7) is 1.95. The van der Waals surface area contributed by atoms with E-state index in [1.54, 1.807) is 0 Å². The summed E-state index contributed by atoms with van der Waals surface area (Å²) in [7, 11) is 0. The minimum atomic E-state index is -0.462. The Balaban J connectivity index is 2.60. The predicted molar refractivity (Wildman–Crippen MR) is 66.9 cm³/mol. The Morgan fingerprint density at radius 3 is 2.24 bits per heavy atom. The first-order chi connectivity index (χ1) is 7.97. The molecule has 0 heterocycles. The molecule has 1 saturated carbocycles. The molecular formula is C13H24N2O2. The van der Waals surface area contributed by atoms with Crippen molar-refractivity contribution in [3.8, 4) is 0 Å². The largest absolute Gasteiger partial charge is 0.370 e. The highest BCUT2D eigenvalue weighted by molar-refractivity contribution is 5.81. The van der Waals surface area contributed by atoms with Crippen molar-refractivity contribution in [2.45, 2.75) is 58.3 Å². The first kappa shape index (κ1) is 14.0. The Morgan fingerprint density at radius 1 is 1.18 bits per heavy atom. The molecule has 0 saturated heterocycles. The summed E-state index contributed by atoms with van der Waals surface area (Å²) in [5, 5.41) is 0. The third-order valence-electron chi connectivity index (χ3n) is 4.19. The molecule has 0 bridgehead atoms. The Bertz CT molecular complexity index is 285. The van der Waals surface area contributed by atoms with Crippen LogP contribution in [0, 0.1) is 11.3 Å². The van der Waals surface area contributed by atoms with Crippen molar-refractivity contribution in [3.05, 3.63) is 0 Å². The van der Waals surface area contributed by atoms with E-state index >= 15 is 0 Å². The van der Waals surface area contributed by atoms with Crippen LogP contribution in [-0.2, 0) is 9.59 Å². The molecule has 4 N–H and O–H groups in total. The average molecular weight is 240 g/mol. The zero-order valence-electron chi connectivity index (χ0n) is 10.7. The molecule has 17 heavy (non-hydrogen) atoms. The fourth-order valence-corrected chi connectivity index (χ4v) is 2.90. The fourth-order valence-electron chi connectivity index (χ4n) is 2.90. The van der Waals surface area contributed by atoms with Crippen molar-refractivity contribution >= 4 is 11.8 Å². The monoisotopic (exact) mass is 240 g/mol. The molecule has 4 nitrogen and oxygen atoms in total. The van der Waals surface area contributed by atoms with Gasteiger partial charge in [0.25, 0.3) is 0 Å². The van der Waals surface area contributed by atoms with Crippen molar-refractivity contribution in [2.24, 2.45) is 22.8 Å². The summed E-state index contributed by atoms with van der Waals surface area (Å²) in [6, 6.07) is 0. The normalized spacial score (nSPS) is 20.8. The molecule has 0 aliphatic heterocycles. The molecule has 0 aromatic carbocycles. The van der Waals surface area contributed by atoms with Gasteiger partial charge < -0.3 is 11.5 Å². The van der Waals surface area contributed by atoms with E-state index in [9.17, 15) is 9.59 Å². The van der Waals surface area contributed by atoms with E-state index in [4.69, 9.17) is 11.5 Å². The molecule has 0 aromatic rings. The van der Waals surface area contributed by atoms with Gasteiger partial charge in [0.15, 0.2) is 0 Å². The zero-order valence-corrected chi connectivity index (χ0v) is 10.7. The van der Waals surface area contributed by atoms with Gasteiger partial charge in [-0.2, -0.15) is 0 Å². The van der Waals surface area contributed by atoms with Crippen LogP contribution in [0.15, 0.2) is 0 Å². The van der Waals surface area contributed by atoms with E-state index in [0.717, 1.165) is 12.8 Å². The minimum Gasteiger partial charge on any atom is -0.370 e. The molecule has 4 heteroatoms. The smallest absolute Gasteiger partial charge is 0.223 e. The van der Waals surface area contributed by atoms with E-state index in [2.05, 4.69) is 0 Å². The number of hydrogen-bond donors (Lipinski definition) is 2. The number of primary amides is 2. The summed E-state index contributed by atoms with van der Waals surface area (Å²) in [4.78, 5) is 22.4. The molecule has 0 radical (unpaired) electrons. The second-order valence-electron chi connectivity index (χ2n) is 5.44. The zero-order chi connectivity index (χ0) is 12.9. The van der Waals surface area contributed by atoms with Gasteiger partial charge in [-0.15, -0.1) is 0 Å². The van der Waals surface area contributed by atoms with Crippen LogP contribution in [0.2, 0.25) is 0 Å². The van der Waals surface area contributed by atoms with E-state index in [1.165, 1.54) is 19.3 Å². The van der Waals surface area contributed by atoms with Gasteiger partial charge in [-0.3, -0.25) is 9.59 Å². The molecule has 1 atom stereocenters. The first-order valence-corrected chi connectivity index (χ1v) is 6.55. The van der Waals surface area contributed by atoms with Crippen LogP contribution in [0.4, 0.5) is 0 Å². The standard InChI is InChI=1S/C13H24N2O2/c1-13(12(15)17,9-5-8-11(14)16)10-6-3-2-4-7-10/h10H,2-9H2,1H3,(H2,14,16)(H2,15,17). The third kappa shape index (κ3) is 3.72. The quantitative estimate of drug-likeness (QED) is 0.740. The highest BCUT2D eigenvalue weighted by atomic mass is 16.1. The van der Waals surface area contributed by atoms with Crippen molar-refractivity contribution in [1.82, 2.24) is 0 Å². The van der Waals surface area contributed by atoms with Gasteiger partial charge in [0.2, 0.25) is 11.8 Å². The molecule has 1 aliphatic rings. The molecule has 1 aliphatic carbocycles. The lowest BCUT2D eigenvalue weighted by molar-refractivity contribution is -0.131. The van der Waals surface area contributed by atoms with Gasteiger partial charge in [0.05, 0.1) is 0 Å². The predicted octanol–water partition coefficient (Wildman–Crippen LogP) is 1.71. The summed E-state index contributed by atoms with van der Waals surface area (Å²) >= 11 is 0. The maximum Gasteiger partial charge on any atom is 0.223 e. The lowest BCUT2D eigenvalue weighted by Gasteiger charge is -2.37. The van der Waals surface area contributed by atoms with Crippen molar-refractivity contribution in [3.63, 3.8) is 0 Å². The van der Waals surface area contributed by atoms with Crippen molar-refractivity contribution in [2.75, 3.05) is 0 Å². The fraction of sp³-hybridized carbons (Fsp3) is 0.846. The number of amides is 2. The Kier molecular flexibility index (Phi) is 4.97. The Hall–Kier alpha value is -1.06. The Labute approximate surface area is 103 Å². The first-order valence-electron chi connectivity index (χ1n) is 6.55. The van der Waals surface area contributed by atoms with Gasteiger partial charge in [-0.1, -0.05) is 26.2 Å². The second-order valence-corrected chi connectivity index (χ2v) is 5.44. The third-order valence-corrected chi connectivity index (χ3v) is 4.19. The van der Waals surface area contributed by atoms with Crippen LogP contribution in [-0.4, -0.2) is 11.8 Å². The molecule has 1 fully saturated rings. The SMILES string of the molecule is CC(CCCC(N)=O)(C(N)=O)C1CCCCC1. The molecular weight excluding hydrogens is 216 g/mol. The summed E-state index contributed by atoms with van der Waals surface area (Å²) < 4.78 is 0. The number of carbonyl (C=O) groups is 2. The van der Waals surface area contributed by atoms with Gasteiger partial charge in [0, 0.05) is 11.8 Å². The average Bonchev–Trinajstić information content (AvgIpc) is 2.29. The van der Waals surface area contributed by atoms with Crippen LogP contribution < -0.4 is 11.5 Å². The van der Waals surface area contributed by atoms with Gasteiger partial charge in [0.1, 0.15) is 0 Å². The van der Waals surface area contributed by atoms with Crippen LogP contribution in [0.3, 0.4) is 0 Å². The van der Waals surface area contributed by atoms with Crippen LogP contribution in [0.5, 0.6) is 0 Å². The molecule has 98 valence electrons. The van der Waals surface area contributed by atoms with Crippen LogP contribution in [0.25, 0.3) is 0 Å². The van der Waals surface area contributed by atoms with Gasteiger partial charge in [-0.25, -0.2) is 0 Å². The maximum atomic E-state index is 11.7. The lowest BCUT2D eigenvalue weighted by atomic mass is 9.67. The van der Waals surface area contributed by atoms with Gasteiger partial charge in [-0.05, 0) is 31.6 Å². The van der Waals surface area contributed by atoms with Gasteiger partial charge >= 0.3 is 0 Å². The molecule has 0 spiro atoms. The topological polar surface area (TPSA) is 86.2 Å². The number of hydrogen-bond acceptors (Lipinski definition) is 2. The summed E-state index contributed by atoms with van der Waals surface area (Å²) in [5.74, 6) is -0.157. The van der Waals surface area contributed by atoms with E-state index in [1.807, 2.05) is 6.92 Å². The lowest BCUT2D eigenvalue weighted by Crippen LogP contribution is -2.41. The second kappa shape index (κ2) is 6.03. The number of rotatable bonds is 6. The van der Waals surface area contributed by atoms with E-state index in [-0.39, 0.29) is 11.8 Å². The van der Waals surface area contributed by atoms with Crippen molar-refractivity contribution in [1.29, 1.82) is 0 Å².